The van der Waals surface area contributed by atoms with Crippen molar-refractivity contribution in [3.8, 4) is 0 Å². The third kappa shape index (κ3) is 4.22. The van der Waals surface area contributed by atoms with Crippen molar-refractivity contribution in [3.63, 3.8) is 0 Å². The maximum Gasteiger partial charge on any atom is 0.262 e. The van der Waals surface area contributed by atoms with Crippen molar-refractivity contribution in [2.45, 2.75) is 64.3 Å². The van der Waals surface area contributed by atoms with Gasteiger partial charge >= 0.3 is 0 Å². The van der Waals surface area contributed by atoms with Crippen LogP contribution in [-0.4, -0.2) is 29.5 Å². The molecule has 0 spiro atoms. The fraction of sp³-hybridized carbons (Fsp3) is 0.444. The van der Waals surface area contributed by atoms with E-state index in [1.165, 1.54) is 60.6 Å². The van der Waals surface area contributed by atoms with Gasteiger partial charge in [-0.25, -0.2) is 0 Å². The predicted octanol–water partition coefficient (Wildman–Crippen LogP) is 6.39. The molecule has 2 aromatic carbocycles. The topological polar surface area (TPSA) is 25.2 Å². The Kier molecular flexibility index (Phi) is 6.38. The number of hydrogen-bond acceptors (Lipinski definition) is 2. The highest BCUT2D eigenvalue weighted by molar-refractivity contribution is 6.04. The summed E-state index contributed by atoms with van der Waals surface area (Å²) in [5.41, 5.74) is 5.90. The zero-order chi connectivity index (χ0) is 21.1. The van der Waals surface area contributed by atoms with Crippen LogP contribution in [-0.2, 0) is 13.0 Å². The van der Waals surface area contributed by atoms with E-state index >= 15 is 0 Å². The summed E-state index contributed by atoms with van der Waals surface area (Å²) in [6.45, 7) is 3.07. The largest absolute Gasteiger partial charge is 0.305 e. The molecule has 0 N–H and O–H groups in total. The summed E-state index contributed by atoms with van der Waals surface area (Å²) >= 11 is 0. The van der Waals surface area contributed by atoms with E-state index in [1.54, 1.807) is 0 Å². The van der Waals surface area contributed by atoms with Gasteiger partial charge in [-0.1, -0.05) is 56.9 Å². The zero-order valence-electron chi connectivity index (χ0n) is 18.7. The van der Waals surface area contributed by atoms with Gasteiger partial charge in [0.1, 0.15) is 0 Å². The number of fused-ring (bicyclic) bond motifs is 1. The van der Waals surface area contributed by atoms with E-state index in [0.29, 0.717) is 5.92 Å². The number of nitrogens with zero attached hydrogens (tertiary/aromatic N) is 2. The van der Waals surface area contributed by atoms with Crippen molar-refractivity contribution < 1.29 is 4.79 Å². The van der Waals surface area contributed by atoms with Gasteiger partial charge in [0.2, 0.25) is 0 Å². The smallest absolute Gasteiger partial charge is 0.262 e. The van der Waals surface area contributed by atoms with E-state index in [-0.39, 0.29) is 5.91 Å². The van der Waals surface area contributed by atoms with Crippen LogP contribution in [0.1, 0.15) is 78.4 Å². The zero-order valence-corrected chi connectivity index (χ0v) is 18.7. The molecule has 3 nitrogen and oxygen atoms in total. The fourth-order valence-corrected chi connectivity index (χ4v) is 4.97. The SMILES string of the molecule is CCc1cc(C2CCCCCC2)c2c(c1)c(CN(C)C)cn2C(=O)c1ccccc1. The van der Waals surface area contributed by atoms with Gasteiger partial charge in [0.15, 0.2) is 0 Å². The summed E-state index contributed by atoms with van der Waals surface area (Å²) < 4.78 is 1.95. The lowest BCUT2D eigenvalue weighted by atomic mass is 9.88. The van der Waals surface area contributed by atoms with E-state index in [0.717, 1.165) is 24.0 Å². The van der Waals surface area contributed by atoms with E-state index < -0.39 is 0 Å². The quantitative estimate of drug-likeness (QED) is 0.462. The molecule has 0 aliphatic heterocycles. The maximum absolute atomic E-state index is 13.6. The average molecular weight is 403 g/mol. The second-order valence-electron chi connectivity index (χ2n) is 9.06. The molecule has 1 saturated carbocycles. The Labute approximate surface area is 180 Å². The summed E-state index contributed by atoms with van der Waals surface area (Å²) in [5, 5.41) is 1.26. The molecule has 1 heterocycles. The Morgan fingerprint density at radius 2 is 1.73 bits per heavy atom. The van der Waals surface area contributed by atoms with E-state index in [9.17, 15) is 4.79 Å². The van der Waals surface area contributed by atoms with Crippen LogP contribution < -0.4 is 0 Å². The van der Waals surface area contributed by atoms with Crippen molar-refractivity contribution in [1.82, 2.24) is 9.47 Å². The lowest BCUT2D eigenvalue weighted by molar-refractivity contribution is 0.0964. The Balaban J connectivity index is 1.94. The summed E-state index contributed by atoms with van der Waals surface area (Å²) in [5.74, 6) is 0.621. The summed E-state index contributed by atoms with van der Waals surface area (Å²) in [7, 11) is 4.19. The van der Waals surface area contributed by atoms with Gasteiger partial charge in [0.05, 0.1) is 5.52 Å². The highest BCUT2D eigenvalue weighted by Gasteiger charge is 2.24. The summed E-state index contributed by atoms with van der Waals surface area (Å²) in [6.07, 6.45) is 10.8. The monoisotopic (exact) mass is 402 g/mol. The number of hydrogen-bond donors (Lipinski definition) is 0. The van der Waals surface area contributed by atoms with E-state index in [2.05, 4.69) is 44.2 Å². The summed E-state index contributed by atoms with van der Waals surface area (Å²) in [6, 6.07) is 14.4. The predicted molar refractivity (Wildman–Crippen MR) is 125 cm³/mol. The Bertz CT molecular complexity index is 1010. The molecule has 1 aliphatic carbocycles. The molecule has 1 fully saturated rings. The molecular formula is C27H34N2O. The molecule has 30 heavy (non-hydrogen) atoms. The molecule has 1 aromatic heterocycles. The first-order valence-electron chi connectivity index (χ1n) is 11.5. The fourth-order valence-electron chi connectivity index (χ4n) is 4.97. The van der Waals surface area contributed by atoms with Crippen molar-refractivity contribution in [1.29, 1.82) is 0 Å². The van der Waals surface area contributed by atoms with E-state index in [1.807, 2.05) is 34.9 Å². The van der Waals surface area contributed by atoms with Crippen LogP contribution in [0, 0.1) is 0 Å². The van der Waals surface area contributed by atoms with Crippen LogP contribution in [0.3, 0.4) is 0 Å². The van der Waals surface area contributed by atoms with Crippen LogP contribution in [0.25, 0.3) is 10.9 Å². The molecule has 0 saturated heterocycles. The van der Waals surface area contributed by atoms with Crippen LogP contribution in [0.4, 0.5) is 0 Å². The van der Waals surface area contributed by atoms with Gasteiger partial charge in [-0.2, -0.15) is 0 Å². The van der Waals surface area contributed by atoms with Crippen LogP contribution in [0.2, 0.25) is 0 Å². The van der Waals surface area contributed by atoms with Gasteiger partial charge in [-0.05, 0) is 74.2 Å². The molecule has 3 heteroatoms. The van der Waals surface area contributed by atoms with Crippen molar-refractivity contribution in [2.75, 3.05) is 14.1 Å². The van der Waals surface area contributed by atoms with Crippen molar-refractivity contribution >= 4 is 16.8 Å². The molecule has 158 valence electrons. The average Bonchev–Trinajstić information content (AvgIpc) is 2.93. The normalized spacial score (nSPS) is 15.6. The minimum Gasteiger partial charge on any atom is -0.305 e. The van der Waals surface area contributed by atoms with E-state index in [4.69, 9.17) is 0 Å². The molecule has 4 rings (SSSR count). The first-order valence-corrected chi connectivity index (χ1v) is 11.5. The summed E-state index contributed by atoms with van der Waals surface area (Å²) in [4.78, 5) is 15.8. The molecule has 1 aliphatic rings. The number of carbonyl (C=O) groups is 1. The first kappa shape index (κ1) is 20.9. The van der Waals surface area contributed by atoms with Crippen molar-refractivity contribution in [2.24, 2.45) is 0 Å². The second kappa shape index (κ2) is 9.18. The number of aryl methyl sites for hydroxylation is 1. The lowest BCUT2D eigenvalue weighted by Crippen LogP contribution is -2.13. The van der Waals surface area contributed by atoms with Crippen LogP contribution >= 0.6 is 0 Å². The Morgan fingerprint density at radius 1 is 1.03 bits per heavy atom. The highest BCUT2D eigenvalue weighted by Crippen LogP contribution is 2.38. The van der Waals surface area contributed by atoms with Gasteiger partial charge in [0, 0.05) is 23.7 Å². The number of carbonyl (C=O) groups excluding carboxylic acids is 1. The van der Waals surface area contributed by atoms with Gasteiger partial charge in [-0.15, -0.1) is 0 Å². The number of aromatic nitrogens is 1. The number of benzene rings is 2. The van der Waals surface area contributed by atoms with Crippen LogP contribution in [0.5, 0.6) is 0 Å². The standard InChI is InChI=1S/C27H34N2O/c1-4-20-16-24(21-12-8-5-6-9-13-21)26-25(17-20)23(18-28(2)3)19-29(26)27(30)22-14-10-7-11-15-22/h7,10-11,14-17,19,21H,4-6,8-9,12-13,18H2,1-3H3. The molecule has 0 radical (unpaired) electrons. The van der Waals surface area contributed by atoms with Gasteiger partial charge in [-0.3, -0.25) is 9.36 Å². The minimum absolute atomic E-state index is 0.0738. The third-order valence-electron chi connectivity index (χ3n) is 6.50. The molecular weight excluding hydrogens is 368 g/mol. The van der Waals surface area contributed by atoms with Crippen LogP contribution in [0.15, 0.2) is 48.7 Å². The lowest BCUT2D eigenvalue weighted by Gasteiger charge is -2.19. The van der Waals surface area contributed by atoms with Crippen molar-refractivity contribution in [3.05, 3.63) is 70.9 Å². The third-order valence-corrected chi connectivity index (χ3v) is 6.50. The molecule has 0 bridgehead atoms. The minimum atomic E-state index is 0.0738. The van der Waals surface area contributed by atoms with Gasteiger partial charge < -0.3 is 4.90 Å². The first-order chi connectivity index (χ1) is 14.6. The molecule has 0 unspecified atom stereocenters. The maximum atomic E-state index is 13.6. The second-order valence-corrected chi connectivity index (χ2v) is 9.06. The Hall–Kier alpha value is -2.39. The Morgan fingerprint density at radius 3 is 2.37 bits per heavy atom. The molecule has 3 aromatic rings. The van der Waals surface area contributed by atoms with Gasteiger partial charge in [0.25, 0.3) is 5.91 Å². The molecule has 0 atom stereocenters. The molecule has 0 amide bonds. The number of rotatable bonds is 5. The highest BCUT2D eigenvalue weighted by atomic mass is 16.2.